The van der Waals surface area contributed by atoms with Gasteiger partial charge in [0.2, 0.25) is 0 Å². The second-order valence-electron chi connectivity index (χ2n) is 2.86. The first-order valence-corrected chi connectivity index (χ1v) is 3.99. The zero-order valence-corrected chi connectivity index (χ0v) is 7.75. The molecule has 15 heavy (non-hydrogen) atoms. The first-order valence-electron chi connectivity index (χ1n) is 3.99. The summed E-state index contributed by atoms with van der Waals surface area (Å²) in [5.41, 5.74) is 0.788. The van der Waals surface area contributed by atoms with Crippen LogP contribution in [0.3, 0.4) is 0 Å². The van der Waals surface area contributed by atoms with E-state index in [9.17, 15) is 18.0 Å². The summed E-state index contributed by atoms with van der Waals surface area (Å²) in [6.45, 7) is 1.38. The van der Waals surface area contributed by atoms with Crippen LogP contribution in [0.25, 0.3) is 0 Å². The Kier molecular flexibility index (Phi) is 2.98. The highest BCUT2D eigenvalue weighted by Gasteiger charge is 2.34. The molecule has 0 aromatic carbocycles. The molecule has 0 saturated heterocycles. The zero-order valence-electron chi connectivity index (χ0n) is 7.75. The maximum absolute atomic E-state index is 12.1. The van der Waals surface area contributed by atoms with Crippen molar-refractivity contribution in [2.45, 2.75) is 19.1 Å². The molecule has 0 aliphatic carbocycles. The second kappa shape index (κ2) is 3.89. The molecule has 1 atom stereocenters. The average molecular weight is 222 g/mol. The van der Waals surface area contributed by atoms with Gasteiger partial charge in [0.15, 0.2) is 5.69 Å². The van der Waals surface area contributed by atoms with E-state index < -0.39 is 23.8 Å². The molecule has 0 spiro atoms. The van der Waals surface area contributed by atoms with Gasteiger partial charge in [0, 0.05) is 6.20 Å². The monoisotopic (exact) mass is 222 g/mol. The molecule has 1 heterocycles. The van der Waals surface area contributed by atoms with Crippen molar-refractivity contribution in [1.82, 2.24) is 15.2 Å². The molecule has 0 aliphatic rings. The molecule has 1 aromatic rings. The van der Waals surface area contributed by atoms with Crippen LogP contribution < -0.4 is 11.3 Å². The van der Waals surface area contributed by atoms with Crippen molar-refractivity contribution in [1.29, 1.82) is 0 Å². The Balaban J connectivity index is 2.89. The Hall–Kier alpha value is -1.57. The number of carbonyl (C=O) groups is 1. The highest BCUT2D eigenvalue weighted by atomic mass is 19.4. The highest BCUT2D eigenvalue weighted by molar-refractivity contribution is 5.79. The van der Waals surface area contributed by atoms with E-state index in [1.807, 2.05) is 5.43 Å². The molecule has 8 heteroatoms. The topological polar surface area (TPSA) is 72.9 Å². The standard InChI is InChI=1S/C7H9F3N4O/c1-4(6(15)12-11)14-3-2-5(13-14)7(8,9)10/h2-4H,11H2,1H3,(H,12,15)/t4-/m1/s1. The molecule has 1 amide bonds. The summed E-state index contributed by atoms with van der Waals surface area (Å²) in [4.78, 5) is 11.0. The van der Waals surface area contributed by atoms with Crippen LogP contribution >= 0.6 is 0 Å². The molecule has 1 aromatic heterocycles. The quantitative estimate of drug-likeness (QED) is 0.433. The van der Waals surface area contributed by atoms with Gasteiger partial charge in [-0.2, -0.15) is 18.3 Å². The Morgan fingerprint density at radius 1 is 1.67 bits per heavy atom. The molecule has 1 rings (SSSR count). The van der Waals surface area contributed by atoms with Crippen LogP contribution in [0.5, 0.6) is 0 Å². The summed E-state index contributed by atoms with van der Waals surface area (Å²) in [6, 6.07) is -0.0913. The molecular formula is C7H9F3N4O. The van der Waals surface area contributed by atoms with Crippen molar-refractivity contribution in [3.8, 4) is 0 Å². The lowest BCUT2D eigenvalue weighted by atomic mass is 10.3. The van der Waals surface area contributed by atoms with Gasteiger partial charge in [0.25, 0.3) is 5.91 Å². The molecule has 5 nitrogen and oxygen atoms in total. The summed E-state index contributed by atoms with van der Waals surface area (Å²) >= 11 is 0. The van der Waals surface area contributed by atoms with E-state index in [1.165, 1.54) is 6.92 Å². The third kappa shape index (κ3) is 2.46. The second-order valence-corrected chi connectivity index (χ2v) is 2.86. The number of halogens is 3. The normalized spacial score (nSPS) is 13.7. The number of aromatic nitrogens is 2. The van der Waals surface area contributed by atoms with E-state index in [1.54, 1.807) is 0 Å². The van der Waals surface area contributed by atoms with E-state index in [2.05, 4.69) is 5.10 Å². The van der Waals surface area contributed by atoms with Crippen LogP contribution in [0.4, 0.5) is 13.2 Å². The number of rotatable bonds is 2. The lowest BCUT2D eigenvalue weighted by molar-refractivity contribution is -0.142. The first-order chi connectivity index (χ1) is 6.86. The van der Waals surface area contributed by atoms with E-state index in [4.69, 9.17) is 5.84 Å². The number of nitrogens with zero attached hydrogens (tertiary/aromatic N) is 2. The number of nitrogens with two attached hydrogens (primary N) is 1. The molecule has 0 saturated carbocycles. The van der Waals surface area contributed by atoms with Gasteiger partial charge < -0.3 is 0 Å². The van der Waals surface area contributed by atoms with Gasteiger partial charge in [-0.1, -0.05) is 0 Å². The molecule has 3 N–H and O–H groups in total. The SMILES string of the molecule is C[C@H](C(=O)NN)n1ccc(C(F)(F)F)n1. The van der Waals surface area contributed by atoms with Gasteiger partial charge in [-0.05, 0) is 13.0 Å². The summed E-state index contributed by atoms with van der Waals surface area (Å²) in [6.07, 6.45) is -3.44. The van der Waals surface area contributed by atoms with Crippen molar-refractivity contribution in [3.05, 3.63) is 18.0 Å². The van der Waals surface area contributed by atoms with Crippen molar-refractivity contribution >= 4 is 5.91 Å². The summed E-state index contributed by atoms with van der Waals surface area (Å²) in [5, 5.41) is 3.23. The van der Waals surface area contributed by atoms with Crippen molar-refractivity contribution in [2.75, 3.05) is 0 Å². The number of nitrogens with one attached hydrogen (secondary N) is 1. The van der Waals surface area contributed by atoms with Crippen LogP contribution in [0.2, 0.25) is 0 Å². The zero-order chi connectivity index (χ0) is 11.6. The van der Waals surface area contributed by atoms with Crippen molar-refractivity contribution in [2.24, 2.45) is 5.84 Å². The van der Waals surface area contributed by atoms with Crippen LogP contribution in [-0.2, 0) is 11.0 Å². The Morgan fingerprint density at radius 2 is 2.27 bits per heavy atom. The summed E-state index contributed by atoms with van der Waals surface area (Å²) < 4.78 is 37.3. The first kappa shape index (κ1) is 11.5. The van der Waals surface area contributed by atoms with Gasteiger partial charge in [-0.3, -0.25) is 14.9 Å². The molecule has 0 fully saturated rings. The van der Waals surface area contributed by atoms with Gasteiger partial charge in [-0.15, -0.1) is 0 Å². The molecule has 0 unspecified atom stereocenters. The molecular weight excluding hydrogens is 213 g/mol. The number of hydrazine groups is 1. The molecule has 84 valence electrons. The van der Waals surface area contributed by atoms with E-state index >= 15 is 0 Å². The maximum atomic E-state index is 12.1. The minimum absolute atomic E-state index is 0.619. The highest BCUT2D eigenvalue weighted by Crippen LogP contribution is 2.27. The fourth-order valence-corrected chi connectivity index (χ4v) is 0.946. The lowest BCUT2D eigenvalue weighted by Crippen LogP contribution is -2.36. The maximum Gasteiger partial charge on any atom is 0.435 e. The predicted molar refractivity (Wildman–Crippen MR) is 44.3 cm³/mol. The third-order valence-corrected chi connectivity index (χ3v) is 1.82. The van der Waals surface area contributed by atoms with Crippen LogP contribution in [0.1, 0.15) is 18.7 Å². The Labute approximate surface area is 83.0 Å². The molecule has 0 bridgehead atoms. The number of alkyl halides is 3. The van der Waals surface area contributed by atoms with Crippen molar-refractivity contribution < 1.29 is 18.0 Å². The van der Waals surface area contributed by atoms with Crippen LogP contribution in [-0.4, -0.2) is 15.7 Å². The van der Waals surface area contributed by atoms with Gasteiger partial charge in [-0.25, -0.2) is 5.84 Å². The number of hydrogen-bond acceptors (Lipinski definition) is 3. The molecule has 0 aliphatic heterocycles. The van der Waals surface area contributed by atoms with Crippen LogP contribution in [0.15, 0.2) is 12.3 Å². The smallest absolute Gasteiger partial charge is 0.292 e. The van der Waals surface area contributed by atoms with Crippen LogP contribution in [0, 0.1) is 0 Å². The number of amides is 1. The Morgan fingerprint density at radius 3 is 2.67 bits per heavy atom. The lowest BCUT2D eigenvalue weighted by Gasteiger charge is -2.09. The number of hydrogen-bond donors (Lipinski definition) is 2. The minimum atomic E-state index is -4.51. The summed E-state index contributed by atoms with van der Waals surface area (Å²) in [7, 11) is 0. The summed E-state index contributed by atoms with van der Waals surface area (Å²) in [5.74, 6) is 4.22. The third-order valence-electron chi connectivity index (χ3n) is 1.82. The number of carbonyl (C=O) groups excluding carboxylic acids is 1. The molecule has 0 radical (unpaired) electrons. The Bertz CT molecular complexity index is 359. The predicted octanol–water partition coefficient (Wildman–Crippen LogP) is 0.453. The fraction of sp³-hybridized carbons (Fsp3) is 0.429. The fourth-order valence-electron chi connectivity index (χ4n) is 0.946. The van der Waals surface area contributed by atoms with Gasteiger partial charge in [0.1, 0.15) is 6.04 Å². The van der Waals surface area contributed by atoms with E-state index in [-0.39, 0.29) is 0 Å². The van der Waals surface area contributed by atoms with Gasteiger partial charge >= 0.3 is 6.18 Å². The van der Waals surface area contributed by atoms with E-state index in [0.29, 0.717) is 0 Å². The minimum Gasteiger partial charge on any atom is -0.292 e. The average Bonchev–Trinajstić information content (AvgIpc) is 2.63. The van der Waals surface area contributed by atoms with E-state index in [0.717, 1.165) is 16.9 Å². The largest absolute Gasteiger partial charge is 0.435 e. The van der Waals surface area contributed by atoms with Gasteiger partial charge in [0.05, 0.1) is 0 Å². The van der Waals surface area contributed by atoms with Crippen molar-refractivity contribution in [3.63, 3.8) is 0 Å².